The van der Waals surface area contributed by atoms with Crippen LogP contribution in [0.5, 0.6) is 5.75 Å². The Labute approximate surface area is 220 Å². The van der Waals surface area contributed by atoms with Crippen molar-refractivity contribution in [1.82, 2.24) is 10.4 Å². The molecular weight excluding hydrogens is 531 g/mol. The van der Waals surface area contributed by atoms with E-state index in [1.165, 1.54) is 20.2 Å². The molecule has 0 aliphatic carbocycles. The van der Waals surface area contributed by atoms with Gasteiger partial charge < -0.3 is 10.1 Å². The largest absolute Gasteiger partial charge is 0.496 e. The summed E-state index contributed by atoms with van der Waals surface area (Å²) in [4.78, 5) is 3.69. The number of aromatic nitrogens is 1. The summed E-state index contributed by atoms with van der Waals surface area (Å²) in [5.74, 6) is 0.756. The van der Waals surface area contributed by atoms with Crippen LogP contribution < -0.4 is 15.5 Å². The molecule has 3 aromatic rings. The summed E-state index contributed by atoms with van der Waals surface area (Å²) in [6.45, 7) is 1.45. The molecule has 0 atom stereocenters. The van der Waals surface area contributed by atoms with E-state index in [4.69, 9.17) is 28.6 Å². The van der Waals surface area contributed by atoms with Gasteiger partial charge in [-0.1, -0.05) is 11.6 Å². The molecule has 36 heavy (non-hydrogen) atoms. The lowest BCUT2D eigenvalue weighted by Crippen LogP contribution is -2.23. The van der Waals surface area contributed by atoms with Gasteiger partial charge in [0.15, 0.2) is 5.11 Å². The van der Waals surface area contributed by atoms with Crippen molar-refractivity contribution < 1.29 is 17.9 Å². The first kappa shape index (κ1) is 27.3. The Balaban J connectivity index is 1.73. The van der Waals surface area contributed by atoms with Crippen molar-refractivity contribution >= 4 is 52.6 Å². The molecule has 186 valence electrons. The minimum absolute atomic E-state index is 0.00578. The molecule has 2 N–H and O–H groups in total. The molecule has 0 aliphatic rings. The van der Waals surface area contributed by atoms with E-state index in [1.807, 2.05) is 6.07 Å². The fraction of sp³-hybridized carbons (Fsp3) is 0.167. The van der Waals surface area contributed by atoms with E-state index in [0.717, 1.165) is 23.5 Å². The van der Waals surface area contributed by atoms with Gasteiger partial charge in [-0.15, -0.1) is 11.8 Å². The second kappa shape index (κ2) is 12.1. The first-order valence-corrected chi connectivity index (χ1v) is 12.0. The number of thiocarbonyl (C=S) groups is 1. The van der Waals surface area contributed by atoms with Gasteiger partial charge >= 0.3 is 6.18 Å². The number of pyridine rings is 1. The summed E-state index contributed by atoms with van der Waals surface area (Å²) < 4.78 is 45.0. The lowest BCUT2D eigenvalue weighted by molar-refractivity contribution is -0.141. The molecule has 3 rings (SSSR count). The molecule has 0 bridgehead atoms. The number of ether oxygens (including phenoxy) is 1. The van der Waals surface area contributed by atoms with Gasteiger partial charge in [0.05, 0.1) is 18.9 Å². The summed E-state index contributed by atoms with van der Waals surface area (Å²) in [5, 5.41) is 17.4. The fourth-order valence-electron chi connectivity index (χ4n) is 3.02. The van der Waals surface area contributed by atoms with Crippen LogP contribution in [-0.2, 0) is 11.9 Å². The van der Waals surface area contributed by atoms with Gasteiger partial charge in [0.1, 0.15) is 22.5 Å². The van der Waals surface area contributed by atoms with E-state index in [1.54, 1.807) is 42.5 Å². The van der Waals surface area contributed by atoms with Crippen LogP contribution in [0.15, 0.2) is 58.7 Å². The fourth-order valence-corrected chi connectivity index (χ4v) is 4.35. The van der Waals surface area contributed by atoms with Gasteiger partial charge in [-0.2, -0.15) is 23.5 Å². The van der Waals surface area contributed by atoms with Crippen LogP contribution in [0, 0.1) is 18.3 Å². The van der Waals surface area contributed by atoms with E-state index < -0.39 is 11.9 Å². The number of hydrogen-bond acceptors (Lipinski definition) is 6. The van der Waals surface area contributed by atoms with Crippen molar-refractivity contribution in [3.05, 3.63) is 81.5 Å². The number of rotatable bonds is 7. The Morgan fingerprint density at radius 1 is 1.25 bits per heavy atom. The van der Waals surface area contributed by atoms with E-state index in [2.05, 4.69) is 20.8 Å². The predicted octanol–water partition coefficient (Wildman–Crippen LogP) is 6.56. The summed E-state index contributed by atoms with van der Waals surface area (Å²) in [6, 6.07) is 15.1. The third kappa shape index (κ3) is 7.34. The highest BCUT2D eigenvalue weighted by Gasteiger charge is 2.34. The van der Waals surface area contributed by atoms with Crippen LogP contribution in [0.2, 0.25) is 5.02 Å². The zero-order valence-corrected chi connectivity index (χ0v) is 21.4. The molecule has 0 aliphatic heterocycles. The van der Waals surface area contributed by atoms with Crippen molar-refractivity contribution in [2.45, 2.75) is 23.9 Å². The third-order valence-corrected chi connectivity index (χ3v) is 6.21. The Hall–Kier alpha value is -3.33. The molecule has 1 aromatic heterocycles. The Kier molecular flexibility index (Phi) is 9.14. The first-order valence-electron chi connectivity index (χ1n) is 10.2. The quantitative estimate of drug-likeness (QED) is 0.149. The van der Waals surface area contributed by atoms with Gasteiger partial charge in [0.2, 0.25) is 0 Å². The van der Waals surface area contributed by atoms with Crippen LogP contribution >= 0.6 is 35.6 Å². The third-order valence-electron chi connectivity index (χ3n) is 4.74. The molecule has 0 radical (unpaired) electrons. The van der Waals surface area contributed by atoms with Crippen LogP contribution in [0.1, 0.15) is 27.9 Å². The minimum atomic E-state index is -4.61. The van der Waals surface area contributed by atoms with Crippen molar-refractivity contribution in [3.63, 3.8) is 0 Å². The van der Waals surface area contributed by atoms with Gasteiger partial charge in [0, 0.05) is 22.0 Å². The predicted molar refractivity (Wildman–Crippen MR) is 140 cm³/mol. The van der Waals surface area contributed by atoms with Crippen LogP contribution in [0.4, 0.5) is 18.9 Å². The van der Waals surface area contributed by atoms with Gasteiger partial charge in [-0.25, -0.2) is 4.98 Å². The molecular formula is C24H19ClF3N5OS2. The zero-order chi connectivity index (χ0) is 26.3. The number of alkyl halides is 3. The van der Waals surface area contributed by atoms with E-state index in [0.29, 0.717) is 21.9 Å². The molecule has 0 unspecified atom stereocenters. The van der Waals surface area contributed by atoms with E-state index >= 15 is 0 Å². The number of halogens is 4. The van der Waals surface area contributed by atoms with E-state index in [-0.39, 0.29) is 27.0 Å². The van der Waals surface area contributed by atoms with Crippen molar-refractivity contribution in [3.8, 4) is 11.8 Å². The number of hydrogen-bond donors (Lipinski definition) is 2. The first-order chi connectivity index (χ1) is 17.1. The summed E-state index contributed by atoms with van der Waals surface area (Å²) >= 11 is 12.1. The van der Waals surface area contributed by atoms with Crippen molar-refractivity contribution in [2.24, 2.45) is 5.10 Å². The molecule has 12 heteroatoms. The smallest absolute Gasteiger partial charge is 0.433 e. The number of aryl methyl sites for hydroxylation is 1. The van der Waals surface area contributed by atoms with Crippen LogP contribution in [0.3, 0.4) is 0 Å². The summed E-state index contributed by atoms with van der Waals surface area (Å²) in [7, 11) is 1.49. The second-order valence-electron chi connectivity index (χ2n) is 7.31. The van der Waals surface area contributed by atoms with Gasteiger partial charge in [-0.3, -0.25) is 5.43 Å². The topological polar surface area (TPSA) is 82.3 Å². The SMILES string of the molecule is COc1ccc(/C=N\NC(=S)Nc2ccc(Cl)cc2)cc1CSc1nc(C(F)(F)F)cc(C)c1C#N. The van der Waals surface area contributed by atoms with Gasteiger partial charge in [0.25, 0.3) is 0 Å². The highest BCUT2D eigenvalue weighted by atomic mass is 35.5. The molecule has 6 nitrogen and oxygen atoms in total. The number of anilines is 1. The van der Waals surface area contributed by atoms with Gasteiger partial charge in [-0.05, 0) is 78.8 Å². The molecule has 0 saturated carbocycles. The normalized spacial score (nSPS) is 11.2. The average molecular weight is 550 g/mol. The maximum Gasteiger partial charge on any atom is 0.433 e. The molecule has 0 spiro atoms. The number of nitrogens with zero attached hydrogens (tertiary/aromatic N) is 3. The lowest BCUT2D eigenvalue weighted by atomic mass is 10.1. The average Bonchev–Trinajstić information content (AvgIpc) is 2.83. The van der Waals surface area contributed by atoms with Crippen LogP contribution in [-0.4, -0.2) is 23.4 Å². The number of nitrogens with one attached hydrogen (secondary N) is 2. The van der Waals surface area contributed by atoms with Crippen molar-refractivity contribution in [2.75, 3.05) is 12.4 Å². The molecule has 0 saturated heterocycles. The monoisotopic (exact) mass is 549 g/mol. The number of nitriles is 1. The number of methoxy groups -OCH3 is 1. The number of thioether (sulfide) groups is 1. The highest BCUT2D eigenvalue weighted by molar-refractivity contribution is 7.98. The summed E-state index contributed by atoms with van der Waals surface area (Å²) in [5.41, 5.74) is 4.12. The molecule has 0 fully saturated rings. The highest BCUT2D eigenvalue weighted by Crippen LogP contribution is 2.35. The standard InChI is InChI=1S/C24H19ClF3N5OS2/c1-14-9-21(24(26,27)28)32-22(19(14)11-29)36-13-16-10-15(3-8-20(16)34-2)12-30-33-23(35)31-18-6-4-17(25)5-7-18/h3-10,12H,13H2,1-2H3,(H2,31,33,35)/b30-12-. The Morgan fingerprint density at radius 3 is 2.61 bits per heavy atom. The zero-order valence-electron chi connectivity index (χ0n) is 19.0. The maximum absolute atomic E-state index is 13.2. The van der Waals surface area contributed by atoms with Crippen LogP contribution in [0.25, 0.3) is 0 Å². The van der Waals surface area contributed by atoms with E-state index in [9.17, 15) is 18.4 Å². The minimum Gasteiger partial charge on any atom is -0.496 e. The second-order valence-corrected chi connectivity index (χ2v) is 9.11. The molecule has 1 heterocycles. The lowest BCUT2D eigenvalue weighted by Gasteiger charge is -2.13. The Bertz CT molecular complexity index is 1330. The number of benzene rings is 2. The molecule has 2 aromatic carbocycles. The molecule has 0 amide bonds. The summed E-state index contributed by atoms with van der Waals surface area (Å²) in [6.07, 6.45) is -3.07. The maximum atomic E-state index is 13.2. The van der Waals surface area contributed by atoms with Crippen molar-refractivity contribution in [1.29, 1.82) is 5.26 Å². The number of hydrazone groups is 1. The Morgan fingerprint density at radius 2 is 1.97 bits per heavy atom.